The van der Waals surface area contributed by atoms with Crippen LogP contribution in [0.3, 0.4) is 0 Å². The highest BCUT2D eigenvalue weighted by molar-refractivity contribution is 5.81. The number of hydrogen-bond donors (Lipinski definition) is 0. The van der Waals surface area contributed by atoms with Gasteiger partial charge in [-0.3, -0.25) is 0 Å². The first kappa shape index (κ1) is 12.0. The van der Waals surface area contributed by atoms with Crippen LogP contribution >= 0.6 is 0 Å². The van der Waals surface area contributed by atoms with Gasteiger partial charge in [-0.25, -0.2) is 0 Å². The van der Waals surface area contributed by atoms with E-state index in [1.165, 1.54) is 22.3 Å². The molecule has 0 saturated carbocycles. The predicted molar refractivity (Wildman–Crippen MR) is 78.8 cm³/mol. The summed E-state index contributed by atoms with van der Waals surface area (Å²) in [5, 5.41) is 0. The molecule has 96 valence electrons. The summed E-state index contributed by atoms with van der Waals surface area (Å²) in [5.41, 5.74) is 4.83. The van der Waals surface area contributed by atoms with Crippen LogP contribution in [0.2, 0.25) is 0 Å². The van der Waals surface area contributed by atoms with Crippen LogP contribution in [0, 0.1) is 0 Å². The molecule has 1 aliphatic rings. The quantitative estimate of drug-likeness (QED) is 0.727. The van der Waals surface area contributed by atoms with Gasteiger partial charge in [-0.05, 0) is 30.5 Å². The molecule has 0 aliphatic carbocycles. The van der Waals surface area contributed by atoms with E-state index in [4.69, 9.17) is 4.74 Å². The molecular weight excluding hydrogens is 232 g/mol. The highest BCUT2D eigenvalue weighted by atomic mass is 16.5. The predicted octanol–water partition coefficient (Wildman–Crippen LogP) is 4.43. The van der Waals surface area contributed by atoms with Crippen molar-refractivity contribution in [1.29, 1.82) is 0 Å². The molecule has 0 amide bonds. The van der Waals surface area contributed by atoms with E-state index in [0.29, 0.717) is 0 Å². The Morgan fingerprint density at radius 3 is 2.37 bits per heavy atom. The van der Waals surface area contributed by atoms with Crippen molar-refractivity contribution < 1.29 is 4.74 Å². The van der Waals surface area contributed by atoms with Gasteiger partial charge in [0.1, 0.15) is 5.60 Å². The van der Waals surface area contributed by atoms with Crippen molar-refractivity contribution in [1.82, 2.24) is 0 Å². The van der Waals surface area contributed by atoms with Crippen LogP contribution in [-0.4, -0.2) is 5.60 Å². The average molecular weight is 250 g/mol. The molecule has 0 spiro atoms. The van der Waals surface area contributed by atoms with Gasteiger partial charge in [0.15, 0.2) is 0 Å². The van der Waals surface area contributed by atoms with Gasteiger partial charge >= 0.3 is 0 Å². The molecule has 0 aromatic heterocycles. The minimum absolute atomic E-state index is 0.160. The summed E-state index contributed by atoms with van der Waals surface area (Å²) in [6.07, 6.45) is 2.84. The maximum atomic E-state index is 5.98. The third kappa shape index (κ3) is 2.41. The van der Waals surface area contributed by atoms with E-state index in [1.807, 2.05) is 12.3 Å². The van der Waals surface area contributed by atoms with Crippen molar-refractivity contribution in [2.24, 2.45) is 0 Å². The van der Waals surface area contributed by atoms with Crippen LogP contribution in [0.4, 0.5) is 0 Å². The van der Waals surface area contributed by atoms with Crippen LogP contribution in [0.25, 0.3) is 5.57 Å². The molecule has 1 heteroatoms. The Kier molecular flexibility index (Phi) is 2.90. The molecule has 0 radical (unpaired) electrons. The SMILES string of the molecule is CC1(C)Cc2ccccc2C(c2ccccc2)=CO1. The molecule has 1 nitrogen and oxygen atoms in total. The summed E-state index contributed by atoms with van der Waals surface area (Å²) < 4.78 is 5.98. The zero-order valence-corrected chi connectivity index (χ0v) is 11.4. The van der Waals surface area contributed by atoms with Gasteiger partial charge in [0.25, 0.3) is 0 Å². The Labute approximate surface area is 114 Å². The molecule has 0 N–H and O–H groups in total. The largest absolute Gasteiger partial charge is 0.494 e. The Morgan fingerprint density at radius 1 is 0.895 bits per heavy atom. The van der Waals surface area contributed by atoms with Gasteiger partial charge in [0.2, 0.25) is 0 Å². The molecule has 0 atom stereocenters. The van der Waals surface area contributed by atoms with E-state index >= 15 is 0 Å². The number of fused-ring (bicyclic) bond motifs is 1. The second kappa shape index (κ2) is 4.58. The summed E-state index contributed by atoms with van der Waals surface area (Å²) in [4.78, 5) is 0. The fourth-order valence-electron chi connectivity index (χ4n) is 2.56. The lowest BCUT2D eigenvalue weighted by molar-refractivity contribution is 0.0609. The first-order chi connectivity index (χ1) is 9.16. The molecular formula is C18H18O. The Morgan fingerprint density at radius 2 is 1.58 bits per heavy atom. The zero-order valence-electron chi connectivity index (χ0n) is 11.4. The Bertz CT molecular complexity index is 609. The van der Waals surface area contributed by atoms with Crippen molar-refractivity contribution in [3.63, 3.8) is 0 Å². The smallest absolute Gasteiger partial charge is 0.107 e. The van der Waals surface area contributed by atoms with Gasteiger partial charge in [-0.2, -0.15) is 0 Å². The van der Waals surface area contributed by atoms with Crippen molar-refractivity contribution in [2.75, 3.05) is 0 Å². The first-order valence-electron chi connectivity index (χ1n) is 6.67. The first-order valence-corrected chi connectivity index (χ1v) is 6.67. The summed E-state index contributed by atoms with van der Waals surface area (Å²) in [5.74, 6) is 0. The van der Waals surface area contributed by atoms with E-state index in [2.05, 4.69) is 62.4 Å². The van der Waals surface area contributed by atoms with Gasteiger partial charge in [-0.1, -0.05) is 54.6 Å². The van der Waals surface area contributed by atoms with Gasteiger partial charge < -0.3 is 4.74 Å². The van der Waals surface area contributed by atoms with E-state index in [-0.39, 0.29) is 5.60 Å². The van der Waals surface area contributed by atoms with Crippen LogP contribution in [-0.2, 0) is 11.2 Å². The lowest BCUT2D eigenvalue weighted by Crippen LogP contribution is -2.24. The van der Waals surface area contributed by atoms with Gasteiger partial charge in [0.05, 0.1) is 6.26 Å². The molecule has 2 aromatic rings. The standard InChI is InChI=1S/C18H18O/c1-18(2)12-15-10-6-7-11-16(15)17(13-19-18)14-8-4-3-5-9-14/h3-11,13H,12H2,1-2H3. The Balaban J connectivity index is 2.16. The molecule has 19 heavy (non-hydrogen) atoms. The maximum absolute atomic E-state index is 5.98. The fraction of sp³-hybridized carbons (Fsp3) is 0.222. The van der Waals surface area contributed by atoms with Gasteiger partial charge in [-0.15, -0.1) is 0 Å². The highest BCUT2D eigenvalue weighted by Gasteiger charge is 2.25. The third-order valence-corrected chi connectivity index (χ3v) is 3.50. The molecule has 2 aromatic carbocycles. The number of benzene rings is 2. The van der Waals surface area contributed by atoms with E-state index < -0.39 is 0 Å². The topological polar surface area (TPSA) is 9.23 Å². The zero-order chi connectivity index (χ0) is 13.3. The highest BCUT2D eigenvalue weighted by Crippen LogP contribution is 2.33. The lowest BCUT2D eigenvalue weighted by atomic mass is 9.90. The lowest BCUT2D eigenvalue weighted by Gasteiger charge is -2.22. The van der Waals surface area contributed by atoms with E-state index in [0.717, 1.165) is 6.42 Å². The molecule has 3 rings (SSSR count). The minimum Gasteiger partial charge on any atom is -0.494 e. The molecule has 0 unspecified atom stereocenters. The molecule has 0 saturated heterocycles. The van der Waals surface area contributed by atoms with E-state index in [1.54, 1.807) is 0 Å². The molecule has 0 fully saturated rings. The maximum Gasteiger partial charge on any atom is 0.107 e. The summed E-state index contributed by atoms with van der Waals surface area (Å²) in [6.45, 7) is 4.27. The van der Waals surface area contributed by atoms with Crippen molar-refractivity contribution in [3.05, 3.63) is 77.5 Å². The van der Waals surface area contributed by atoms with Crippen molar-refractivity contribution >= 4 is 5.57 Å². The summed E-state index contributed by atoms with van der Waals surface area (Å²) in [6, 6.07) is 19.0. The summed E-state index contributed by atoms with van der Waals surface area (Å²) in [7, 11) is 0. The monoisotopic (exact) mass is 250 g/mol. The second-order valence-electron chi connectivity index (χ2n) is 5.61. The van der Waals surface area contributed by atoms with Crippen LogP contribution in [0.15, 0.2) is 60.9 Å². The van der Waals surface area contributed by atoms with Crippen molar-refractivity contribution in [3.8, 4) is 0 Å². The molecule has 0 bridgehead atoms. The minimum atomic E-state index is -0.160. The third-order valence-electron chi connectivity index (χ3n) is 3.50. The normalized spacial score (nSPS) is 16.8. The van der Waals surface area contributed by atoms with Crippen molar-refractivity contribution in [2.45, 2.75) is 25.9 Å². The Hall–Kier alpha value is -2.02. The molecule has 1 aliphatic heterocycles. The second-order valence-corrected chi connectivity index (χ2v) is 5.61. The van der Waals surface area contributed by atoms with Gasteiger partial charge in [0, 0.05) is 12.0 Å². The number of ether oxygens (including phenoxy) is 1. The molecule has 1 heterocycles. The average Bonchev–Trinajstić information content (AvgIpc) is 2.54. The number of rotatable bonds is 1. The number of hydrogen-bond acceptors (Lipinski definition) is 1. The van der Waals surface area contributed by atoms with Crippen LogP contribution in [0.5, 0.6) is 0 Å². The van der Waals surface area contributed by atoms with Crippen LogP contribution < -0.4 is 0 Å². The van der Waals surface area contributed by atoms with Crippen LogP contribution in [0.1, 0.15) is 30.5 Å². The summed E-state index contributed by atoms with van der Waals surface area (Å²) >= 11 is 0. The van der Waals surface area contributed by atoms with E-state index in [9.17, 15) is 0 Å². The fourth-order valence-corrected chi connectivity index (χ4v) is 2.56.